The van der Waals surface area contributed by atoms with Gasteiger partial charge >= 0.3 is 0 Å². The molecule has 1 aliphatic rings. The van der Waals surface area contributed by atoms with Crippen molar-refractivity contribution in [2.45, 2.75) is 19.3 Å². The lowest BCUT2D eigenvalue weighted by Crippen LogP contribution is -2.28. The van der Waals surface area contributed by atoms with E-state index in [1.54, 1.807) is 6.20 Å². The van der Waals surface area contributed by atoms with Crippen LogP contribution < -0.4 is 5.32 Å². The molecule has 5 rings (SSSR count). The van der Waals surface area contributed by atoms with Crippen LogP contribution in [0.4, 0.5) is 5.69 Å². The number of imidazole rings is 1. The predicted octanol–water partition coefficient (Wildman–Crippen LogP) is 2.26. The highest BCUT2D eigenvalue weighted by Crippen LogP contribution is 2.25. The zero-order valence-corrected chi connectivity index (χ0v) is 14.5. The fourth-order valence-corrected chi connectivity index (χ4v) is 3.45. The van der Waals surface area contributed by atoms with E-state index in [9.17, 15) is 4.79 Å². The Balaban J connectivity index is 1.30. The summed E-state index contributed by atoms with van der Waals surface area (Å²) in [5.74, 6) is 0.606. The number of fused-ring (bicyclic) bond motifs is 2. The molecule has 3 aromatic heterocycles. The normalized spacial score (nSPS) is 16.2. The number of anilines is 1. The predicted molar refractivity (Wildman–Crippen MR) is 99.0 cm³/mol. The van der Waals surface area contributed by atoms with Crippen LogP contribution in [0.5, 0.6) is 0 Å². The molecule has 27 heavy (non-hydrogen) atoms. The number of aromatic nitrogens is 6. The second kappa shape index (κ2) is 6.31. The minimum atomic E-state index is -0.0770. The molecule has 4 aromatic rings. The van der Waals surface area contributed by atoms with Gasteiger partial charge in [0.2, 0.25) is 11.7 Å². The highest BCUT2D eigenvalue weighted by Gasteiger charge is 2.27. The SMILES string of the molecule is O=C(Nc1ccc(-c2cn3cccnc3n2)cc1)[C@H]1CCc2n[nH]nc2C1. The van der Waals surface area contributed by atoms with Crippen LogP contribution in [0, 0.1) is 5.92 Å². The van der Waals surface area contributed by atoms with Gasteiger partial charge in [0.1, 0.15) is 0 Å². The first kappa shape index (κ1) is 15.7. The number of hydrogen-bond acceptors (Lipinski definition) is 5. The first-order valence-electron chi connectivity index (χ1n) is 8.86. The van der Waals surface area contributed by atoms with E-state index >= 15 is 0 Å². The van der Waals surface area contributed by atoms with E-state index in [0.29, 0.717) is 12.2 Å². The Labute approximate surface area is 154 Å². The minimum Gasteiger partial charge on any atom is -0.326 e. The van der Waals surface area contributed by atoms with Gasteiger partial charge in [-0.05, 0) is 31.0 Å². The number of amides is 1. The smallest absolute Gasteiger partial charge is 0.234 e. The Bertz CT molecular complexity index is 1080. The van der Waals surface area contributed by atoms with Crippen molar-refractivity contribution in [2.75, 3.05) is 5.32 Å². The van der Waals surface area contributed by atoms with Crippen LogP contribution in [0.1, 0.15) is 17.8 Å². The molecule has 8 heteroatoms. The van der Waals surface area contributed by atoms with E-state index in [4.69, 9.17) is 0 Å². The van der Waals surface area contributed by atoms with Crippen LogP contribution in [0.3, 0.4) is 0 Å². The molecule has 2 N–H and O–H groups in total. The fraction of sp³-hybridized carbons (Fsp3) is 0.211. The summed E-state index contributed by atoms with van der Waals surface area (Å²) < 4.78 is 1.88. The Morgan fingerprint density at radius 2 is 2.04 bits per heavy atom. The summed E-state index contributed by atoms with van der Waals surface area (Å²) >= 11 is 0. The van der Waals surface area contributed by atoms with E-state index in [1.165, 1.54) is 0 Å². The highest BCUT2D eigenvalue weighted by molar-refractivity contribution is 5.93. The van der Waals surface area contributed by atoms with Crippen molar-refractivity contribution < 1.29 is 4.79 Å². The second-order valence-corrected chi connectivity index (χ2v) is 6.68. The summed E-state index contributed by atoms with van der Waals surface area (Å²) in [5.41, 5.74) is 4.47. The lowest BCUT2D eigenvalue weighted by atomic mass is 9.89. The summed E-state index contributed by atoms with van der Waals surface area (Å²) in [6, 6.07) is 9.57. The van der Waals surface area contributed by atoms with Gasteiger partial charge < -0.3 is 5.32 Å². The Morgan fingerprint density at radius 3 is 2.89 bits per heavy atom. The van der Waals surface area contributed by atoms with Gasteiger partial charge in [0.15, 0.2) is 0 Å². The summed E-state index contributed by atoms with van der Waals surface area (Å²) in [5, 5.41) is 13.9. The zero-order valence-electron chi connectivity index (χ0n) is 14.5. The molecule has 0 spiro atoms. The number of hydrogen-bond donors (Lipinski definition) is 2. The average Bonchev–Trinajstić information content (AvgIpc) is 3.34. The number of rotatable bonds is 3. The molecule has 134 valence electrons. The summed E-state index contributed by atoms with van der Waals surface area (Å²) in [7, 11) is 0. The Morgan fingerprint density at radius 1 is 1.19 bits per heavy atom. The number of carbonyl (C=O) groups is 1. The van der Waals surface area contributed by atoms with Crippen LogP contribution in [0.15, 0.2) is 48.9 Å². The van der Waals surface area contributed by atoms with E-state index in [2.05, 4.69) is 30.7 Å². The van der Waals surface area contributed by atoms with Crippen molar-refractivity contribution in [3.63, 3.8) is 0 Å². The quantitative estimate of drug-likeness (QED) is 0.584. The van der Waals surface area contributed by atoms with E-state index < -0.39 is 0 Å². The second-order valence-electron chi connectivity index (χ2n) is 6.68. The van der Waals surface area contributed by atoms with Crippen LogP contribution >= 0.6 is 0 Å². The van der Waals surface area contributed by atoms with Crippen LogP contribution in [-0.4, -0.2) is 35.7 Å². The topological polar surface area (TPSA) is 101 Å². The molecule has 0 saturated carbocycles. The van der Waals surface area contributed by atoms with E-state index in [1.807, 2.05) is 47.1 Å². The zero-order chi connectivity index (χ0) is 18.2. The molecule has 0 radical (unpaired) electrons. The van der Waals surface area contributed by atoms with Crippen LogP contribution in [-0.2, 0) is 17.6 Å². The van der Waals surface area contributed by atoms with Gasteiger partial charge in [0.25, 0.3) is 0 Å². The number of benzene rings is 1. The third-order valence-electron chi connectivity index (χ3n) is 4.93. The van der Waals surface area contributed by atoms with Gasteiger partial charge in [0, 0.05) is 42.2 Å². The van der Waals surface area contributed by atoms with E-state index in [0.717, 1.165) is 41.2 Å². The number of aryl methyl sites for hydroxylation is 1. The molecular weight excluding hydrogens is 342 g/mol. The average molecular weight is 359 g/mol. The van der Waals surface area contributed by atoms with Gasteiger partial charge in [-0.15, -0.1) is 0 Å². The molecule has 1 amide bonds. The lowest BCUT2D eigenvalue weighted by molar-refractivity contribution is -0.120. The van der Waals surface area contributed by atoms with Crippen molar-refractivity contribution >= 4 is 17.4 Å². The molecule has 0 bridgehead atoms. The summed E-state index contributed by atoms with van der Waals surface area (Å²) in [6.07, 6.45) is 7.77. The maximum Gasteiger partial charge on any atom is 0.234 e. The first-order chi connectivity index (χ1) is 13.3. The number of aromatic amines is 1. The van der Waals surface area contributed by atoms with Crippen molar-refractivity contribution in [3.05, 3.63) is 60.3 Å². The number of carbonyl (C=O) groups excluding carboxylic acids is 1. The van der Waals surface area contributed by atoms with E-state index in [-0.39, 0.29) is 11.8 Å². The minimum absolute atomic E-state index is 0.0216. The molecule has 0 saturated heterocycles. The van der Waals surface area contributed by atoms with Crippen molar-refractivity contribution in [1.29, 1.82) is 0 Å². The molecular formula is C19H17N7O. The summed E-state index contributed by atoms with van der Waals surface area (Å²) in [6.45, 7) is 0. The third kappa shape index (κ3) is 2.95. The standard InChI is InChI=1S/C19H17N7O/c27-18(13-4-7-15-16(10-13)24-25-23-15)21-14-5-2-12(3-6-14)17-11-26-9-1-8-20-19(26)22-17/h1-3,5-6,8-9,11,13H,4,7,10H2,(H,21,27)(H,23,24,25)/t13-/m0/s1. The lowest BCUT2D eigenvalue weighted by Gasteiger charge is -2.19. The fourth-order valence-electron chi connectivity index (χ4n) is 3.45. The molecule has 8 nitrogen and oxygen atoms in total. The molecule has 0 fully saturated rings. The van der Waals surface area contributed by atoms with Gasteiger partial charge in [0.05, 0.1) is 17.1 Å². The number of H-pyrrole nitrogens is 1. The van der Waals surface area contributed by atoms with Crippen LogP contribution in [0.2, 0.25) is 0 Å². The van der Waals surface area contributed by atoms with Crippen molar-refractivity contribution in [2.24, 2.45) is 5.92 Å². The largest absolute Gasteiger partial charge is 0.326 e. The number of nitrogens with zero attached hydrogens (tertiary/aromatic N) is 5. The van der Waals surface area contributed by atoms with Crippen molar-refractivity contribution in [3.8, 4) is 11.3 Å². The highest BCUT2D eigenvalue weighted by atomic mass is 16.1. The third-order valence-corrected chi connectivity index (χ3v) is 4.93. The van der Waals surface area contributed by atoms with Crippen LogP contribution in [0.25, 0.3) is 17.0 Å². The molecule has 0 aliphatic heterocycles. The maximum absolute atomic E-state index is 12.6. The monoisotopic (exact) mass is 359 g/mol. The van der Waals surface area contributed by atoms with Gasteiger partial charge in [-0.25, -0.2) is 9.97 Å². The van der Waals surface area contributed by atoms with Gasteiger partial charge in [-0.2, -0.15) is 15.4 Å². The molecule has 1 atom stereocenters. The van der Waals surface area contributed by atoms with Crippen molar-refractivity contribution in [1.82, 2.24) is 29.8 Å². The number of nitrogens with one attached hydrogen (secondary N) is 2. The molecule has 1 aliphatic carbocycles. The van der Waals surface area contributed by atoms with Gasteiger partial charge in [-0.3, -0.25) is 9.20 Å². The maximum atomic E-state index is 12.6. The van der Waals surface area contributed by atoms with Gasteiger partial charge in [-0.1, -0.05) is 12.1 Å². The molecule has 1 aromatic carbocycles. The molecule has 3 heterocycles. The Kier molecular flexibility index (Phi) is 3.67. The Hall–Kier alpha value is -3.55. The summed E-state index contributed by atoms with van der Waals surface area (Å²) in [4.78, 5) is 21.3. The molecule has 0 unspecified atom stereocenters. The first-order valence-corrected chi connectivity index (χ1v) is 8.86.